The minimum absolute atomic E-state index is 0.121. The fourth-order valence-electron chi connectivity index (χ4n) is 2.66. The molecule has 0 spiro atoms. The lowest BCUT2D eigenvalue weighted by Gasteiger charge is -2.13. The summed E-state index contributed by atoms with van der Waals surface area (Å²) in [5.41, 5.74) is 4.61. The van der Waals surface area contributed by atoms with Gasteiger partial charge in [0.2, 0.25) is 0 Å². The van der Waals surface area contributed by atoms with Crippen molar-refractivity contribution in [1.82, 2.24) is 0 Å². The van der Waals surface area contributed by atoms with Gasteiger partial charge in [0.1, 0.15) is 4.90 Å². The SMILES string of the molecule is CC1=C/C(=N\Nc2ccc([N+](=O)[O-])cc2S(=O)(=O)Nc2ccccc2Cl)CC1. The van der Waals surface area contributed by atoms with Gasteiger partial charge in [-0.05, 0) is 44.0 Å². The second-order valence-corrected chi connectivity index (χ2v) is 8.29. The number of hydrogen-bond acceptors (Lipinski definition) is 6. The third kappa shape index (κ3) is 4.49. The molecule has 0 saturated carbocycles. The van der Waals surface area contributed by atoms with Gasteiger partial charge >= 0.3 is 0 Å². The highest BCUT2D eigenvalue weighted by Gasteiger charge is 2.23. The molecule has 3 rings (SSSR count). The van der Waals surface area contributed by atoms with Crippen LogP contribution < -0.4 is 10.1 Å². The largest absolute Gasteiger partial charge is 0.278 e. The quantitative estimate of drug-likeness (QED) is 0.525. The van der Waals surface area contributed by atoms with E-state index in [2.05, 4.69) is 15.2 Å². The second kappa shape index (κ2) is 7.99. The molecule has 0 aliphatic heterocycles. The molecule has 2 N–H and O–H groups in total. The van der Waals surface area contributed by atoms with Crippen molar-refractivity contribution >= 4 is 44.4 Å². The molecule has 0 amide bonds. The van der Waals surface area contributed by atoms with E-state index in [1.165, 1.54) is 29.8 Å². The van der Waals surface area contributed by atoms with E-state index in [4.69, 9.17) is 11.6 Å². The van der Waals surface area contributed by atoms with E-state index in [0.717, 1.165) is 24.6 Å². The van der Waals surface area contributed by atoms with Crippen LogP contribution in [0.2, 0.25) is 5.02 Å². The Bertz CT molecular complexity index is 1100. The second-order valence-electron chi connectivity index (χ2n) is 6.23. The number of nitro benzene ring substituents is 1. The summed E-state index contributed by atoms with van der Waals surface area (Å²) in [7, 11) is -4.17. The number of hydrazone groups is 1. The Balaban J connectivity index is 2.00. The Morgan fingerprint density at radius 1 is 1.14 bits per heavy atom. The van der Waals surface area contributed by atoms with Crippen molar-refractivity contribution in [2.75, 3.05) is 10.1 Å². The Hall–Kier alpha value is -2.91. The lowest BCUT2D eigenvalue weighted by atomic mass is 10.3. The summed E-state index contributed by atoms with van der Waals surface area (Å²) in [5.74, 6) is 0. The van der Waals surface area contributed by atoms with Gasteiger partial charge in [-0.15, -0.1) is 0 Å². The number of benzene rings is 2. The molecule has 0 fully saturated rings. The number of nitro groups is 1. The van der Waals surface area contributed by atoms with Crippen molar-refractivity contribution in [3.63, 3.8) is 0 Å². The van der Waals surface area contributed by atoms with Crippen LogP contribution in [0.4, 0.5) is 17.1 Å². The molecular formula is C18H17ClN4O4S. The van der Waals surface area contributed by atoms with Crippen LogP contribution in [0, 0.1) is 10.1 Å². The maximum absolute atomic E-state index is 12.9. The predicted octanol–water partition coefficient (Wildman–Crippen LogP) is 4.56. The smallest absolute Gasteiger partial charge is 0.270 e. The van der Waals surface area contributed by atoms with E-state index >= 15 is 0 Å². The zero-order valence-electron chi connectivity index (χ0n) is 14.8. The number of anilines is 2. The molecule has 10 heteroatoms. The Labute approximate surface area is 167 Å². The number of para-hydroxylation sites is 1. The molecule has 0 atom stereocenters. The van der Waals surface area contributed by atoms with Crippen molar-refractivity contribution in [3.8, 4) is 0 Å². The lowest BCUT2D eigenvalue weighted by Crippen LogP contribution is -2.15. The highest BCUT2D eigenvalue weighted by Crippen LogP contribution is 2.30. The summed E-state index contributed by atoms with van der Waals surface area (Å²) >= 11 is 6.02. The molecule has 0 aromatic heterocycles. The number of non-ortho nitro benzene ring substituents is 1. The maximum Gasteiger partial charge on any atom is 0.270 e. The molecule has 0 heterocycles. The van der Waals surface area contributed by atoms with Crippen LogP contribution in [0.25, 0.3) is 0 Å². The first-order chi connectivity index (χ1) is 13.3. The molecule has 0 unspecified atom stereocenters. The van der Waals surface area contributed by atoms with E-state index in [1.807, 2.05) is 13.0 Å². The number of rotatable bonds is 6. The van der Waals surface area contributed by atoms with Gasteiger partial charge in [-0.1, -0.05) is 29.3 Å². The molecule has 0 bridgehead atoms. The summed E-state index contributed by atoms with van der Waals surface area (Å²) < 4.78 is 28.2. The van der Waals surface area contributed by atoms with E-state index in [9.17, 15) is 18.5 Å². The third-order valence-corrected chi connectivity index (χ3v) is 5.83. The summed E-state index contributed by atoms with van der Waals surface area (Å²) in [4.78, 5) is 10.2. The first-order valence-corrected chi connectivity index (χ1v) is 10.2. The number of nitrogens with zero attached hydrogens (tertiary/aromatic N) is 2. The maximum atomic E-state index is 12.9. The monoisotopic (exact) mass is 420 g/mol. The fraction of sp³-hybridized carbons (Fsp3) is 0.167. The van der Waals surface area contributed by atoms with Gasteiger partial charge < -0.3 is 0 Å². The molecule has 28 heavy (non-hydrogen) atoms. The summed E-state index contributed by atoms with van der Waals surface area (Å²) in [6.07, 6.45) is 3.54. The number of sulfonamides is 1. The summed E-state index contributed by atoms with van der Waals surface area (Å²) in [6, 6.07) is 9.83. The van der Waals surface area contributed by atoms with Crippen LogP contribution in [0.5, 0.6) is 0 Å². The predicted molar refractivity (Wildman–Crippen MR) is 109 cm³/mol. The van der Waals surface area contributed by atoms with Crippen molar-refractivity contribution in [2.24, 2.45) is 5.10 Å². The van der Waals surface area contributed by atoms with Crippen LogP contribution >= 0.6 is 11.6 Å². The van der Waals surface area contributed by atoms with E-state index < -0.39 is 14.9 Å². The Kier molecular flexibility index (Phi) is 5.66. The summed E-state index contributed by atoms with van der Waals surface area (Å²) in [5, 5.41) is 15.5. The van der Waals surface area contributed by atoms with Gasteiger partial charge in [0.05, 0.1) is 27.0 Å². The van der Waals surface area contributed by atoms with Gasteiger partial charge in [0.15, 0.2) is 0 Å². The van der Waals surface area contributed by atoms with Crippen LogP contribution in [-0.4, -0.2) is 19.1 Å². The fourth-order valence-corrected chi connectivity index (χ4v) is 4.15. The zero-order chi connectivity index (χ0) is 20.3. The zero-order valence-corrected chi connectivity index (χ0v) is 16.4. The molecule has 146 valence electrons. The molecule has 1 aliphatic rings. The Morgan fingerprint density at radius 2 is 1.89 bits per heavy atom. The van der Waals surface area contributed by atoms with Crippen LogP contribution in [0.3, 0.4) is 0 Å². The van der Waals surface area contributed by atoms with Crippen LogP contribution in [-0.2, 0) is 10.0 Å². The van der Waals surface area contributed by atoms with Gasteiger partial charge in [-0.3, -0.25) is 20.3 Å². The standard InChI is InChI=1S/C18H17ClN4O4S/c1-12-6-7-13(10-12)20-21-17-9-8-14(23(24)25)11-18(17)28(26,27)22-16-5-3-2-4-15(16)19/h2-5,8-11,21-22H,6-7H2,1H3/b20-13-. The third-order valence-electron chi connectivity index (χ3n) is 4.09. The van der Waals surface area contributed by atoms with Crippen LogP contribution in [0.15, 0.2) is 64.1 Å². The molecule has 2 aromatic rings. The van der Waals surface area contributed by atoms with Crippen LogP contribution in [0.1, 0.15) is 19.8 Å². The van der Waals surface area contributed by atoms with Crippen molar-refractivity contribution < 1.29 is 13.3 Å². The topological polar surface area (TPSA) is 114 Å². The van der Waals surface area contributed by atoms with E-state index in [-0.39, 0.29) is 27.0 Å². The van der Waals surface area contributed by atoms with Crippen molar-refractivity contribution in [1.29, 1.82) is 0 Å². The first-order valence-electron chi connectivity index (χ1n) is 8.32. The highest BCUT2D eigenvalue weighted by atomic mass is 35.5. The average Bonchev–Trinajstić information content (AvgIpc) is 3.07. The molecule has 0 radical (unpaired) electrons. The minimum atomic E-state index is -4.17. The van der Waals surface area contributed by atoms with E-state index in [1.54, 1.807) is 12.1 Å². The number of allylic oxidation sites excluding steroid dienone is 2. The minimum Gasteiger partial charge on any atom is -0.278 e. The molecular weight excluding hydrogens is 404 g/mol. The normalized spacial score (nSPS) is 15.4. The van der Waals surface area contributed by atoms with Gasteiger partial charge in [-0.25, -0.2) is 8.42 Å². The summed E-state index contributed by atoms with van der Waals surface area (Å²) in [6.45, 7) is 1.98. The molecule has 1 aliphatic carbocycles. The lowest BCUT2D eigenvalue weighted by molar-refractivity contribution is -0.385. The molecule has 0 saturated heterocycles. The molecule has 8 nitrogen and oxygen atoms in total. The highest BCUT2D eigenvalue weighted by molar-refractivity contribution is 7.93. The first kappa shape index (κ1) is 19.8. The van der Waals surface area contributed by atoms with E-state index in [0.29, 0.717) is 0 Å². The number of nitrogens with one attached hydrogen (secondary N) is 2. The van der Waals surface area contributed by atoms with Gasteiger partial charge in [0.25, 0.3) is 15.7 Å². The molecule has 2 aromatic carbocycles. The number of hydrogen-bond donors (Lipinski definition) is 2. The van der Waals surface area contributed by atoms with Crippen molar-refractivity contribution in [2.45, 2.75) is 24.7 Å². The van der Waals surface area contributed by atoms with Gasteiger partial charge in [-0.2, -0.15) is 5.10 Å². The average molecular weight is 421 g/mol. The number of halogens is 1. The Morgan fingerprint density at radius 3 is 2.54 bits per heavy atom. The van der Waals surface area contributed by atoms with Crippen molar-refractivity contribution in [3.05, 3.63) is 69.3 Å². The van der Waals surface area contributed by atoms with Gasteiger partial charge in [0, 0.05) is 12.1 Å².